The lowest BCUT2D eigenvalue weighted by molar-refractivity contribution is -0.133. The summed E-state index contributed by atoms with van der Waals surface area (Å²) >= 11 is 0. The summed E-state index contributed by atoms with van der Waals surface area (Å²) in [6.07, 6.45) is -0.148. The third-order valence-electron chi connectivity index (χ3n) is 7.99. The highest BCUT2D eigenvalue weighted by Gasteiger charge is 2.35. The number of amides is 3. The number of ether oxygens (including phenoxy) is 3. The van der Waals surface area contributed by atoms with E-state index >= 15 is 4.39 Å². The van der Waals surface area contributed by atoms with Gasteiger partial charge in [0.15, 0.2) is 6.61 Å². The zero-order chi connectivity index (χ0) is 32.2. The average molecular weight is 629 g/mol. The normalized spacial score (nSPS) is 18.4. The number of aryl methyl sites for hydroxylation is 1. The second kappa shape index (κ2) is 13.3. The minimum Gasteiger partial charge on any atom is -0.496 e. The molecule has 4 heterocycles. The molecular weight excluding hydrogens is 595 g/mol. The zero-order valence-electron chi connectivity index (χ0n) is 25.4. The maximum absolute atomic E-state index is 15.1. The molecule has 7 rings (SSSR count). The van der Waals surface area contributed by atoms with Crippen LogP contribution in [-0.2, 0) is 22.6 Å². The quantitative estimate of drug-likeness (QED) is 0.350. The van der Waals surface area contributed by atoms with Gasteiger partial charge in [-0.2, -0.15) is 0 Å². The van der Waals surface area contributed by atoms with Crippen LogP contribution >= 0.6 is 0 Å². The van der Waals surface area contributed by atoms with Gasteiger partial charge < -0.3 is 34.3 Å². The van der Waals surface area contributed by atoms with E-state index in [1.54, 1.807) is 66.4 Å². The maximum Gasteiger partial charge on any atom is 0.258 e. The molecule has 0 spiro atoms. The van der Waals surface area contributed by atoms with Crippen molar-refractivity contribution in [2.24, 2.45) is 0 Å². The first-order valence-electron chi connectivity index (χ1n) is 14.9. The van der Waals surface area contributed by atoms with Crippen LogP contribution in [0.5, 0.6) is 17.2 Å². The van der Waals surface area contributed by atoms with Gasteiger partial charge in [0.1, 0.15) is 34.9 Å². The molecule has 0 aliphatic carbocycles. The van der Waals surface area contributed by atoms with E-state index in [0.29, 0.717) is 52.8 Å². The standard InChI is InChI=1S/C34H33FN4O7/c1-20-12-26(46-38-20)16-33(41)39-11-10-30-29(18-39)37-34(42)27-14-22(7-9-28(27)35)21-4-3-5-24(13-21)44-19-32(40)36-17-23-6-8-25(45-30)15-31(23)43-2/h3-9,12-15,29-30H,10-11,16-19H2,1-2H3,(H,36,40)(H,37,42)/t29-,30+/m1/s1. The van der Waals surface area contributed by atoms with Gasteiger partial charge in [-0.1, -0.05) is 23.4 Å². The van der Waals surface area contributed by atoms with Crippen LogP contribution < -0.4 is 24.8 Å². The first kappa shape index (κ1) is 30.6. The number of carbonyl (C=O) groups is 3. The van der Waals surface area contributed by atoms with Crippen LogP contribution in [0.4, 0.5) is 4.39 Å². The Morgan fingerprint density at radius 3 is 2.72 bits per heavy atom. The number of piperidine rings is 1. The fourth-order valence-electron chi connectivity index (χ4n) is 5.60. The van der Waals surface area contributed by atoms with Crippen LogP contribution in [0.25, 0.3) is 11.1 Å². The van der Waals surface area contributed by atoms with Gasteiger partial charge in [0, 0.05) is 43.8 Å². The van der Waals surface area contributed by atoms with Gasteiger partial charge in [-0.15, -0.1) is 0 Å². The van der Waals surface area contributed by atoms with Crippen molar-refractivity contribution in [2.75, 3.05) is 26.8 Å². The fourth-order valence-corrected chi connectivity index (χ4v) is 5.60. The molecule has 12 heteroatoms. The molecule has 11 nitrogen and oxygen atoms in total. The number of halogens is 1. The fraction of sp³-hybridized carbons (Fsp3) is 0.294. The van der Waals surface area contributed by atoms with E-state index in [2.05, 4.69) is 15.8 Å². The number of hydrogen-bond acceptors (Lipinski definition) is 8. The van der Waals surface area contributed by atoms with Crippen LogP contribution in [0.1, 0.15) is 33.8 Å². The number of nitrogens with one attached hydrogen (secondary N) is 2. The number of aromatic nitrogens is 1. The third kappa shape index (κ3) is 6.96. The van der Waals surface area contributed by atoms with Crippen molar-refractivity contribution in [2.45, 2.75) is 38.5 Å². The Hall–Kier alpha value is -5.39. The van der Waals surface area contributed by atoms with Gasteiger partial charge in [-0.25, -0.2) is 4.39 Å². The summed E-state index contributed by atoms with van der Waals surface area (Å²) in [6, 6.07) is 17.5. The van der Waals surface area contributed by atoms with E-state index < -0.39 is 23.9 Å². The van der Waals surface area contributed by atoms with E-state index in [-0.39, 0.29) is 43.5 Å². The predicted octanol–water partition coefficient (Wildman–Crippen LogP) is 3.83. The molecule has 3 aliphatic rings. The van der Waals surface area contributed by atoms with Gasteiger partial charge in [-0.3, -0.25) is 14.4 Å². The molecule has 0 saturated carbocycles. The van der Waals surface area contributed by atoms with Crippen molar-refractivity contribution in [3.63, 3.8) is 0 Å². The number of fused-ring (bicyclic) bond motifs is 7. The molecule has 2 N–H and O–H groups in total. The molecule has 6 bridgehead atoms. The van der Waals surface area contributed by atoms with Gasteiger partial charge in [0.25, 0.3) is 11.8 Å². The predicted molar refractivity (Wildman–Crippen MR) is 164 cm³/mol. The van der Waals surface area contributed by atoms with Crippen molar-refractivity contribution in [1.82, 2.24) is 20.7 Å². The number of nitrogens with zero attached hydrogens (tertiary/aromatic N) is 2. The summed E-state index contributed by atoms with van der Waals surface area (Å²) in [5, 5.41) is 9.63. The summed E-state index contributed by atoms with van der Waals surface area (Å²) in [6.45, 7) is 2.26. The second-order valence-electron chi connectivity index (χ2n) is 11.2. The minimum absolute atomic E-state index is 0.0156. The number of carbonyl (C=O) groups excluding carboxylic acids is 3. The Bertz CT molecular complexity index is 1770. The van der Waals surface area contributed by atoms with Crippen LogP contribution in [0.3, 0.4) is 0 Å². The summed E-state index contributed by atoms with van der Waals surface area (Å²) in [4.78, 5) is 41.1. The van der Waals surface area contributed by atoms with E-state index in [9.17, 15) is 14.4 Å². The lowest BCUT2D eigenvalue weighted by Crippen LogP contribution is -2.58. The van der Waals surface area contributed by atoms with Crippen molar-refractivity contribution >= 4 is 17.7 Å². The Morgan fingerprint density at radius 2 is 1.91 bits per heavy atom. The lowest BCUT2D eigenvalue weighted by atomic mass is 9.99. The van der Waals surface area contributed by atoms with Gasteiger partial charge in [-0.05, 0) is 54.4 Å². The Morgan fingerprint density at radius 1 is 1.07 bits per heavy atom. The summed E-state index contributed by atoms with van der Waals surface area (Å²) in [7, 11) is 1.52. The number of likely N-dealkylation sites (tertiary alicyclic amines) is 1. The molecule has 3 aromatic carbocycles. The monoisotopic (exact) mass is 628 g/mol. The van der Waals surface area contributed by atoms with Crippen molar-refractivity contribution in [3.8, 4) is 28.4 Å². The highest BCUT2D eigenvalue weighted by molar-refractivity contribution is 5.96. The van der Waals surface area contributed by atoms with Crippen molar-refractivity contribution in [3.05, 3.63) is 95.1 Å². The molecule has 1 aromatic heterocycles. The summed E-state index contributed by atoms with van der Waals surface area (Å²) in [5.41, 5.74) is 2.48. The Labute approximate surface area is 264 Å². The van der Waals surface area contributed by atoms with Crippen LogP contribution in [0, 0.1) is 12.7 Å². The molecule has 0 radical (unpaired) electrons. The molecule has 2 atom stereocenters. The third-order valence-corrected chi connectivity index (χ3v) is 7.99. The van der Waals surface area contributed by atoms with E-state index in [1.807, 2.05) is 0 Å². The molecule has 46 heavy (non-hydrogen) atoms. The molecule has 3 amide bonds. The van der Waals surface area contributed by atoms with E-state index in [1.165, 1.54) is 19.2 Å². The SMILES string of the molecule is COc1cc2ccc1CNC(=O)COc1cccc(c1)-c1ccc(F)c(c1)C(=O)N[C@@H]1CN(C(=O)Cc3cc(C)no3)CC[C@@H]1O2. The summed E-state index contributed by atoms with van der Waals surface area (Å²) < 4.78 is 38.0. The summed E-state index contributed by atoms with van der Waals surface area (Å²) in [5.74, 6) is -0.0271. The number of benzene rings is 3. The van der Waals surface area contributed by atoms with E-state index in [4.69, 9.17) is 18.7 Å². The number of methoxy groups -OCH3 is 1. The molecular formula is C34H33FN4O7. The topological polar surface area (TPSA) is 132 Å². The Kier molecular flexibility index (Phi) is 8.86. The first-order chi connectivity index (χ1) is 22.2. The van der Waals surface area contributed by atoms with Crippen LogP contribution in [-0.4, -0.2) is 66.7 Å². The zero-order valence-corrected chi connectivity index (χ0v) is 25.4. The smallest absolute Gasteiger partial charge is 0.258 e. The maximum atomic E-state index is 15.1. The molecule has 4 aromatic rings. The molecule has 0 unspecified atom stereocenters. The largest absolute Gasteiger partial charge is 0.496 e. The molecule has 1 fully saturated rings. The van der Waals surface area contributed by atoms with Crippen molar-refractivity contribution < 1.29 is 37.5 Å². The lowest BCUT2D eigenvalue weighted by Gasteiger charge is -2.39. The second-order valence-corrected chi connectivity index (χ2v) is 11.2. The number of hydrogen-bond donors (Lipinski definition) is 2. The Balaban J connectivity index is 1.33. The molecule has 238 valence electrons. The molecule has 3 aliphatic heterocycles. The highest BCUT2D eigenvalue weighted by atomic mass is 19.1. The van der Waals surface area contributed by atoms with Crippen LogP contribution in [0.15, 0.2) is 71.3 Å². The minimum atomic E-state index is -0.699. The van der Waals surface area contributed by atoms with Crippen molar-refractivity contribution in [1.29, 1.82) is 0 Å². The van der Waals surface area contributed by atoms with Crippen LogP contribution in [0.2, 0.25) is 0 Å². The highest BCUT2D eigenvalue weighted by Crippen LogP contribution is 2.29. The van der Waals surface area contributed by atoms with Gasteiger partial charge >= 0.3 is 0 Å². The van der Waals surface area contributed by atoms with Gasteiger partial charge in [0.2, 0.25) is 5.91 Å². The van der Waals surface area contributed by atoms with E-state index in [0.717, 1.165) is 5.56 Å². The van der Waals surface area contributed by atoms with Gasteiger partial charge in [0.05, 0.1) is 30.8 Å². The molecule has 1 saturated heterocycles. The number of rotatable bonds is 3. The first-order valence-corrected chi connectivity index (χ1v) is 14.9. The average Bonchev–Trinajstić information content (AvgIpc) is 3.47.